The Kier molecular flexibility index (Phi) is 4.96. The highest BCUT2D eigenvalue weighted by molar-refractivity contribution is 8.01. The third-order valence-corrected chi connectivity index (χ3v) is 5.06. The summed E-state index contributed by atoms with van der Waals surface area (Å²) in [5.74, 6) is 0.857. The van der Waals surface area contributed by atoms with Crippen LogP contribution in [0.3, 0.4) is 0 Å². The number of nitrogens with zero attached hydrogens (tertiary/aromatic N) is 2. The molecule has 0 radical (unpaired) electrons. The summed E-state index contributed by atoms with van der Waals surface area (Å²) in [4.78, 5) is 4.42. The number of thioether (sulfide) groups is 1. The first-order valence-electron chi connectivity index (χ1n) is 6.31. The topological polar surface area (TPSA) is 37.8 Å². The minimum atomic E-state index is 0.315. The molecule has 5 heteroatoms. The molecule has 0 aliphatic carbocycles. The molecule has 1 aromatic heterocycles. The van der Waals surface area contributed by atoms with Crippen molar-refractivity contribution >= 4 is 23.3 Å². The molecule has 3 nitrogen and oxygen atoms in total. The first kappa shape index (κ1) is 14.5. The van der Waals surface area contributed by atoms with Crippen molar-refractivity contribution in [3.8, 4) is 0 Å². The largest absolute Gasteiger partial charge is 0.312 e. The summed E-state index contributed by atoms with van der Waals surface area (Å²) in [5, 5.41) is 3.80. The molecule has 19 heavy (non-hydrogen) atoms. The number of benzene rings is 1. The van der Waals surface area contributed by atoms with Crippen LogP contribution in [-0.2, 0) is 0 Å². The lowest BCUT2D eigenvalue weighted by molar-refractivity contribution is 0.589. The van der Waals surface area contributed by atoms with Gasteiger partial charge in [-0.1, -0.05) is 48.5 Å². The van der Waals surface area contributed by atoms with Gasteiger partial charge in [0.25, 0.3) is 0 Å². The maximum atomic E-state index is 4.42. The summed E-state index contributed by atoms with van der Waals surface area (Å²) in [6, 6.07) is 9.02. The zero-order valence-electron chi connectivity index (χ0n) is 11.7. The number of aromatic nitrogens is 2. The second-order valence-corrected chi connectivity index (χ2v) is 6.98. The fourth-order valence-electron chi connectivity index (χ4n) is 2.00. The Labute approximate surface area is 123 Å². The minimum Gasteiger partial charge on any atom is -0.312 e. The van der Waals surface area contributed by atoms with Gasteiger partial charge in [-0.25, -0.2) is 4.98 Å². The van der Waals surface area contributed by atoms with Gasteiger partial charge in [0.15, 0.2) is 4.34 Å². The molecule has 0 aliphatic heterocycles. The molecule has 102 valence electrons. The van der Waals surface area contributed by atoms with Crippen LogP contribution in [0.5, 0.6) is 0 Å². The lowest BCUT2D eigenvalue weighted by Crippen LogP contribution is -2.25. The van der Waals surface area contributed by atoms with E-state index < -0.39 is 0 Å². The zero-order valence-corrected chi connectivity index (χ0v) is 13.3. The Morgan fingerprint density at radius 2 is 1.89 bits per heavy atom. The summed E-state index contributed by atoms with van der Waals surface area (Å²) in [6.07, 6.45) is 0. The van der Waals surface area contributed by atoms with Gasteiger partial charge in [0, 0.05) is 11.3 Å². The van der Waals surface area contributed by atoms with Gasteiger partial charge in [0.05, 0.1) is 0 Å². The molecule has 0 bridgehead atoms. The van der Waals surface area contributed by atoms with Crippen molar-refractivity contribution in [1.29, 1.82) is 0 Å². The monoisotopic (exact) mass is 293 g/mol. The number of nitrogens with one attached hydrogen (secondary N) is 1. The lowest BCUT2D eigenvalue weighted by atomic mass is 10.0. The summed E-state index contributed by atoms with van der Waals surface area (Å²) in [7, 11) is 2.01. The van der Waals surface area contributed by atoms with E-state index in [0.29, 0.717) is 11.3 Å². The normalized spacial score (nSPS) is 14.3. The molecule has 2 atom stereocenters. The van der Waals surface area contributed by atoms with Gasteiger partial charge >= 0.3 is 0 Å². The molecule has 2 rings (SSSR count). The number of hydrogen-bond donors (Lipinski definition) is 1. The third-order valence-electron chi connectivity index (χ3n) is 3.01. The lowest BCUT2D eigenvalue weighted by Gasteiger charge is -2.22. The Hall–Kier alpha value is -0.910. The molecular formula is C14H19N3S2. The molecule has 1 heterocycles. The fraction of sp³-hybridized carbons (Fsp3) is 0.429. The van der Waals surface area contributed by atoms with Crippen molar-refractivity contribution in [2.45, 2.75) is 36.4 Å². The molecular weight excluding hydrogens is 274 g/mol. The average molecular weight is 293 g/mol. The van der Waals surface area contributed by atoms with E-state index in [1.54, 1.807) is 11.8 Å². The molecule has 0 saturated carbocycles. The highest BCUT2D eigenvalue weighted by Crippen LogP contribution is 2.32. The van der Waals surface area contributed by atoms with E-state index in [4.69, 9.17) is 0 Å². The van der Waals surface area contributed by atoms with Crippen molar-refractivity contribution < 1.29 is 0 Å². The van der Waals surface area contributed by atoms with Crippen LogP contribution in [0.2, 0.25) is 0 Å². The van der Waals surface area contributed by atoms with Crippen LogP contribution < -0.4 is 5.32 Å². The first-order chi connectivity index (χ1) is 9.10. The van der Waals surface area contributed by atoms with Crippen LogP contribution in [0.4, 0.5) is 0 Å². The van der Waals surface area contributed by atoms with Crippen molar-refractivity contribution in [3.63, 3.8) is 0 Å². The highest BCUT2D eigenvalue weighted by atomic mass is 32.2. The maximum absolute atomic E-state index is 4.42. The molecule has 2 unspecified atom stereocenters. The van der Waals surface area contributed by atoms with Crippen LogP contribution in [0.1, 0.15) is 29.9 Å². The fourth-order valence-corrected chi connectivity index (χ4v) is 4.09. The number of hydrogen-bond acceptors (Lipinski definition) is 5. The highest BCUT2D eigenvalue weighted by Gasteiger charge is 2.20. The summed E-state index contributed by atoms with van der Waals surface area (Å²) in [6.45, 7) is 6.27. The Morgan fingerprint density at radius 1 is 1.21 bits per heavy atom. The van der Waals surface area contributed by atoms with E-state index in [9.17, 15) is 0 Å². The van der Waals surface area contributed by atoms with Gasteiger partial charge in [-0.05, 0) is 38.0 Å². The molecule has 0 fully saturated rings. The minimum absolute atomic E-state index is 0.315. The zero-order chi connectivity index (χ0) is 13.8. The summed E-state index contributed by atoms with van der Waals surface area (Å²) < 4.78 is 5.27. The second-order valence-electron chi connectivity index (χ2n) is 4.61. The predicted octanol–water partition coefficient (Wildman–Crippen LogP) is 3.60. The SMILES string of the molecule is CNC(c1ccc(C)cc1)C(C)Sc1nc(C)ns1. The van der Waals surface area contributed by atoms with Gasteiger partial charge in [0.1, 0.15) is 5.82 Å². The van der Waals surface area contributed by atoms with Gasteiger partial charge in [-0.2, -0.15) is 4.37 Å². The van der Waals surface area contributed by atoms with Gasteiger partial charge in [0.2, 0.25) is 0 Å². The van der Waals surface area contributed by atoms with Crippen molar-refractivity contribution in [3.05, 3.63) is 41.2 Å². The average Bonchev–Trinajstić information content (AvgIpc) is 2.78. The van der Waals surface area contributed by atoms with Gasteiger partial charge in [-0.15, -0.1) is 0 Å². The second kappa shape index (κ2) is 6.50. The van der Waals surface area contributed by atoms with Crippen LogP contribution in [0.15, 0.2) is 28.6 Å². The number of aryl methyl sites for hydroxylation is 2. The van der Waals surface area contributed by atoms with Crippen molar-refractivity contribution in [2.24, 2.45) is 0 Å². The van der Waals surface area contributed by atoms with Crippen LogP contribution in [0, 0.1) is 13.8 Å². The Morgan fingerprint density at radius 3 is 2.42 bits per heavy atom. The standard InChI is InChI=1S/C14H19N3S2/c1-9-5-7-12(8-6-9)13(15-4)10(2)18-14-16-11(3)17-19-14/h5-8,10,13,15H,1-4H3. The first-order valence-corrected chi connectivity index (χ1v) is 7.96. The van der Waals surface area contributed by atoms with E-state index in [2.05, 4.69) is 52.8 Å². The van der Waals surface area contributed by atoms with Gasteiger partial charge < -0.3 is 5.32 Å². The van der Waals surface area contributed by atoms with Crippen LogP contribution >= 0.6 is 23.3 Å². The summed E-state index contributed by atoms with van der Waals surface area (Å²) >= 11 is 3.26. The third kappa shape index (κ3) is 3.78. The molecule has 0 amide bonds. The molecule has 0 spiro atoms. The quantitative estimate of drug-likeness (QED) is 0.855. The molecule has 1 aromatic carbocycles. The predicted molar refractivity (Wildman–Crippen MR) is 82.9 cm³/mol. The van der Waals surface area contributed by atoms with E-state index in [0.717, 1.165) is 10.2 Å². The number of rotatable bonds is 5. The van der Waals surface area contributed by atoms with E-state index >= 15 is 0 Å². The van der Waals surface area contributed by atoms with Crippen molar-refractivity contribution in [1.82, 2.24) is 14.7 Å². The van der Waals surface area contributed by atoms with Crippen molar-refractivity contribution in [2.75, 3.05) is 7.05 Å². The van der Waals surface area contributed by atoms with Gasteiger partial charge in [-0.3, -0.25) is 0 Å². The van der Waals surface area contributed by atoms with E-state index in [1.807, 2.05) is 14.0 Å². The smallest absolute Gasteiger partial charge is 0.170 e. The van der Waals surface area contributed by atoms with E-state index in [-0.39, 0.29) is 0 Å². The Bertz CT molecular complexity index is 522. The molecule has 0 aliphatic rings. The van der Waals surface area contributed by atoms with Crippen LogP contribution in [0.25, 0.3) is 0 Å². The molecule has 2 aromatic rings. The Balaban J connectivity index is 2.10. The van der Waals surface area contributed by atoms with Crippen LogP contribution in [-0.4, -0.2) is 21.7 Å². The molecule has 1 N–H and O–H groups in total. The van der Waals surface area contributed by atoms with E-state index in [1.165, 1.54) is 22.7 Å². The summed E-state index contributed by atoms with van der Waals surface area (Å²) in [5.41, 5.74) is 2.60. The molecule has 0 saturated heterocycles. The maximum Gasteiger partial charge on any atom is 0.170 e.